The van der Waals surface area contributed by atoms with Crippen molar-refractivity contribution in [2.45, 2.75) is 27.2 Å². The van der Waals surface area contributed by atoms with Gasteiger partial charge in [-0.25, -0.2) is 4.68 Å². The standard InChI is InChI=1S/C12H19N5/c1-8-7-9(2)17(14-8)12-11(5-6-13)10(3)15-16(12)4/h7H,5-6,13H2,1-4H3. The van der Waals surface area contributed by atoms with Crippen LogP contribution < -0.4 is 5.73 Å². The summed E-state index contributed by atoms with van der Waals surface area (Å²) in [5, 5.41) is 8.97. The van der Waals surface area contributed by atoms with Crippen LogP contribution in [0.15, 0.2) is 6.07 Å². The van der Waals surface area contributed by atoms with Crippen LogP contribution in [0.3, 0.4) is 0 Å². The van der Waals surface area contributed by atoms with Gasteiger partial charge in [0, 0.05) is 18.3 Å². The first-order valence-electron chi connectivity index (χ1n) is 5.80. The van der Waals surface area contributed by atoms with Gasteiger partial charge in [0.25, 0.3) is 0 Å². The number of aryl methyl sites for hydroxylation is 4. The van der Waals surface area contributed by atoms with E-state index in [0.717, 1.165) is 29.3 Å². The van der Waals surface area contributed by atoms with Gasteiger partial charge in [-0.2, -0.15) is 10.2 Å². The van der Waals surface area contributed by atoms with Crippen LogP contribution in [0, 0.1) is 20.8 Å². The highest BCUT2D eigenvalue weighted by molar-refractivity contribution is 5.39. The molecule has 0 aliphatic carbocycles. The van der Waals surface area contributed by atoms with Crippen molar-refractivity contribution in [3.8, 4) is 5.82 Å². The van der Waals surface area contributed by atoms with E-state index in [1.807, 2.05) is 30.3 Å². The fourth-order valence-corrected chi connectivity index (χ4v) is 2.24. The average Bonchev–Trinajstić information content (AvgIpc) is 2.69. The zero-order valence-electron chi connectivity index (χ0n) is 10.9. The molecule has 0 radical (unpaired) electrons. The lowest BCUT2D eigenvalue weighted by molar-refractivity contribution is 0.679. The summed E-state index contributed by atoms with van der Waals surface area (Å²) in [7, 11) is 1.94. The van der Waals surface area contributed by atoms with Gasteiger partial charge in [0.05, 0.1) is 11.4 Å². The number of nitrogens with two attached hydrogens (primary N) is 1. The molecule has 5 heteroatoms. The molecule has 0 saturated heterocycles. The molecule has 0 fully saturated rings. The Morgan fingerprint density at radius 1 is 1.24 bits per heavy atom. The summed E-state index contributed by atoms with van der Waals surface area (Å²) >= 11 is 0. The molecule has 2 rings (SSSR count). The predicted molar refractivity (Wildman–Crippen MR) is 67.3 cm³/mol. The van der Waals surface area contributed by atoms with Crippen molar-refractivity contribution in [1.82, 2.24) is 19.6 Å². The van der Waals surface area contributed by atoms with Gasteiger partial charge < -0.3 is 5.73 Å². The van der Waals surface area contributed by atoms with Crippen LogP contribution in [0.2, 0.25) is 0 Å². The third-order valence-electron chi connectivity index (χ3n) is 2.92. The van der Waals surface area contributed by atoms with Gasteiger partial charge in [-0.1, -0.05) is 0 Å². The number of hydrogen-bond donors (Lipinski definition) is 1. The molecule has 2 aromatic heterocycles. The molecule has 5 nitrogen and oxygen atoms in total. The maximum Gasteiger partial charge on any atom is 0.155 e. The van der Waals surface area contributed by atoms with Gasteiger partial charge >= 0.3 is 0 Å². The highest BCUT2D eigenvalue weighted by Gasteiger charge is 2.16. The summed E-state index contributed by atoms with van der Waals surface area (Å²) < 4.78 is 3.82. The molecule has 0 unspecified atom stereocenters. The van der Waals surface area contributed by atoms with Gasteiger partial charge in [0.2, 0.25) is 0 Å². The maximum absolute atomic E-state index is 5.66. The van der Waals surface area contributed by atoms with Crippen molar-refractivity contribution in [3.05, 3.63) is 28.7 Å². The molecule has 17 heavy (non-hydrogen) atoms. The van der Waals surface area contributed by atoms with Crippen LogP contribution in [-0.4, -0.2) is 26.1 Å². The van der Waals surface area contributed by atoms with Gasteiger partial charge in [0.1, 0.15) is 0 Å². The second-order valence-corrected chi connectivity index (χ2v) is 4.39. The van der Waals surface area contributed by atoms with Crippen LogP contribution in [-0.2, 0) is 13.5 Å². The summed E-state index contributed by atoms with van der Waals surface area (Å²) in [5.74, 6) is 1.03. The van der Waals surface area contributed by atoms with Gasteiger partial charge in [-0.3, -0.25) is 4.68 Å². The Hall–Kier alpha value is -1.62. The van der Waals surface area contributed by atoms with E-state index in [-0.39, 0.29) is 0 Å². The molecule has 0 amide bonds. The Labute approximate surface area is 101 Å². The Balaban J connectivity index is 2.61. The zero-order chi connectivity index (χ0) is 12.6. The first-order valence-corrected chi connectivity index (χ1v) is 5.80. The molecule has 0 aromatic carbocycles. The van der Waals surface area contributed by atoms with Gasteiger partial charge in [0.15, 0.2) is 5.82 Å². The van der Waals surface area contributed by atoms with Crippen LogP contribution >= 0.6 is 0 Å². The fourth-order valence-electron chi connectivity index (χ4n) is 2.24. The van der Waals surface area contributed by atoms with Crippen molar-refractivity contribution >= 4 is 0 Å². The molecular weight excluding hydrogens is 214 g/mol. The van der Waals surface area contributed by atoms with E-state index in [1.54, 1.807) is 0 Å². The van der Waals surface area contributed by atoms with E-state index in [9.17, 15) is 0 Å². The van der Waals surface area contributed by atoms with Gasteiger partial charge in [-0.15, -0.1) is 0 Å². The third-order valence-corrected chi connectivity index (χ3v) is 2.92. The molecule has 0 spiro atoms. The highest BCUT2D eigenvalue weighted by Crippen LogP contribution is 2.19. The monoisotopic (exact) mass is 233 g/mol. The van der Waals surface area contributed by atoms with E-state index in [0.29, 0.717) is 6.54 Å². The van der Waals surface area contributed by atoms with E-state index in [1.165, 1.54) is 5.56 Å². The number of rotatable bonds is 3. The van der Waals surface area contributed by atoms with Crippen LogP contribution in [0.25, 0.3) is 5.82 Å². The SMILES string of the molecule is Cc1cc(C)n(-c2c(CCN)c(C)nn2C)n1. The number of aromatic nitrogens is 4. The smallest absolute Gasteiger partial charge is 0.155 e. The van der Waals surface area contributed by atoms with Crippen molar-refractivity contribution in [1.29, 1.82) is 0 Å². The third kappa shape index (κ3) is 1.98. The highest BCUT2D eigenvalue weighted by atomic mass is 15.4. The molecule has 0 saturated carbocycles. The summed E-state index contributed by atoms with van der Waals surface area (Å²) in [6.07, 6.45) is 0.827. The molecule has 0 aliphatic heterocycles. The lowest BCUT2D eigenvalue weighted by Gasteiger charge is -2.07. The van der Waals surface area contributed by atoms with Gasteiger partial charge in [-0.05, 0) is 39.8 Å². The quantitative estimate of drug-likeness (QED) is 0.861. The maximum atomic E-state index is 5.66. The topological polar surface area (TPSA) is 61.7 Å². The summed E-state index contributed by atoms with van der Waals surface area (Å²) in [6.45, 7) is 6.68. The van der Waals surface area contributed by atoms with Crippen LogP contribution in [0.5, 0.6) is 0 Å². The largest absolute Gasteiger partial charge is 0.330 e. The lowest BCUT2D eigenvalue weighted by Crippen LogP contribution is -2.11. The Morgan fingerprint density at radius 3 is 2.47 bits per heavy atom. The lowest BCUT2D eigenvalue weighted by atomic mass is 10.2. The Kier molecular flexibility index (Phi) is 3.02. The summed E-state index contributed by atoms with van der Waals surface area (Å²) in [5.41, 5.74) is 10.0. The molecular formula is C12H19N5. The van der Waals surface area contributed by atoms with Crippen molar-refractivity contribution in [2.75, 3.05) is 6.54 Å². The normalized spacial score (nSPS) is 11.1. The Bertz CT molecular complexity index is 535. The number of nitrogens with zero attached hydrogens (tertiary/aromatic N) is 4. The fraction of sp³-hybridized carbons (Fsp3) is 0.500. The van der Waals surface area contributed by atoms with Crippen molar-refractivity contribution in [2.24, 2.45) is 12.8 Å². The summed E-state index contributed by atoms with van der Waals surface area (Å²) in [4.78, 5) is 0. The Morgan fingerprint density at radius 2 is 1.94 bits per heavy atom. The summed E-state index contributed by atoms with van der Waals surface area (Å²) in [6, 6.07) is 2.06. The van der Waals surface area contributed by atoms with Crippen LogP contribution in [0.1, 0.15) is 22.6 Å². The van der Waals surface area contributed by atoms with Crippen LogP contribution in [0.4, 0.5) is 0 Å². The second kappa shape index (κ2) is 4.33. The van der Waals surface area contributed by atoms with E-state index in [4.69, 9.17) is 5.73 Å². The molecule has 0 atom stereocenters. The average molecular weight is 233 g/mol. The predicted octanol–water partition coefficient (Wildman–Crippen LogP) is 1.03. The second-order valence-electron chi connectivity index (χ2n) is 4.39. The first-order chi connectivity index (χ1) is 8.04. The van der Waals surface area contributed by atoms with Crippen molar-refractivity contribution < 1.29 is 0 Å². The molecule has 2 heterocycles. The molecule has 2 N–H and O–H groups in total. The molecule has 0 aliphatic rings. The minimum Gasteiger partial charge on any atom is -0.330 e. The molecule has 2 aromatic rings. The minimum absolute atomic E-state index is 0.624. The first kappa shape index (κ1) is 11.9. The minimum atomic E-state index is 0.624. The number of hydrogen-bond acceptors (Lipinski definition) is 3. The van der Waals surface area contributed by atoms with E-state index >= 15 is 0 Å². The van der Waals surface area contributed by atoms with Crippen molar-refractivity contribution in [3.63, 3.8) is 0 Å². The van der Waals surface area contributed by atoms with E-state index in [2.05, 4.69) is 23.2 Å². The zero-order valence-corrected chi connectivity index (χ0v) is 10.9. The molecule has 0 bridgehead atoms. The van der Waals surface area contributed by atoms with E-state index < -0.39 is 0 Å². The molecule has 92 valence electrons.